The van der Waals surface area contributed by atoms with Gasteiger partial charge in [-0.15, -0.1) is 0 Å². The van der Waals surface area contributed by atoms with Crippen molar-refractivity contribution in [3.05, 3.63) is 0 Å². The molecule has 0 spiro atoms. The van der Waals surface area contributed by atoms with Crippen molar-refractivity contribution in [2.24, 2.45) is 11.7 Å². The lowest BCUT2D eigenvalue weighted by atomic mass is 9.93. The number of carboxylic acids is 1. The Morgan fingerprint density at radius 2 is 1.75 bits per heavy atom. The van der Waals surface area contributed by atoms with Crippen LogP contribution in [0.4, 0.5) is 0 Å². The number of carboxylic acid groups (broad SMARTS) is 1. The van der Waals surface area contributed by atoms with E-state index in [1.54, 1.807) is 0 Å². The first-order valence-electron chi connectivity index (χ1n) is 4.70. The molecule has 3 N–H and O–H groups in total. The molecule has 3 nitrogen and oxygen atoms in total. The predicted molar refractivity (Wildman–Crippen MR) is 46.8 cm³/mol. The van der Waals surface area contributed by atoms with Gasteiger partial charge in [-0.05, 0) is 18.8 Å². The molecule has 0 aromatic carbocycles. The van der Waals surface area contributed by atoms with Crippen molar-refractivity contribution in [1.82, 2.24) is 0 Å². The van der Waals surface area contributed by atoms with Crippen LogP contribution in [-0.4, -0.2) is 17.1 Å². The highest BCUT2D eigenvalue weighted by atomic mass is 16.4. The van der Waals surface area contributed by atoms with Crippen LogP contribution in [0, 0.1) is 5.92 Å². The first-order chi connectivity index (χ1) is 5.72. The lowest BCUT2D eigenvalue weighted by Crippen LogP contribution is -2.37. The molecule has 0 amide bonds. The fourth-order valence-electron chi connectivity index (χ4n) is 1.87. The highest BCUT2D eigenvalue weighted by molar-refractivity contribution is 5.73. The minimum atomic E-state index is -0.845. The zero-order valence-electron chi connectivity index (χ0n) is 7.33. The molecule has 3 heteroatoms. The Morgan fingerprint density at radius 3 is 2.17 bits per heavy atom. The number of rotatable bonds is 2. The summed E-state index contributed by atoms with van der Waals surface area (Å²) in [6.45, 7) is 0. The van der Waals surface area contributed by atoms with Crippen molar-refractivity contribution in [3.8, 4) is 0 Å². The van der Waals surface area contributed by atoms with E-state index in [1.165, 1.54) is 12.8 Å². The van der Waals surface area contributed by atoms with E-state index in [0.717, 1.165) is 25.7 Å². The molecule has 1 unspecified atom stereocenters. The van der Waals surface area contributed by atoms with Crippen molar-refractivity contribution < 1.29 is 9.90 Å². The van der Waals surface area contributed by atoms with Gasteiger partial charge in [0.25, 0.3) is 0 Å². The molecule has 0 saturated heterocycles. The lowest BCUT2D eigenvalue weighted by molar-refractivity contribution is -0.140. The molecule has 1 saturated carbocycles. The van der Waals surface area contributed by atoms with Crippen LogP contribution in [0.25, 0.3) is 0 Å². The summed E-state index contributed by atoms with van der Waals surface area (Å²) in [5.74, 6) is -0.633. The maximum absolute atomic E-state index is 10.6. The summed E-state index contributed by atoms with van der Waals surface area (Å²) < 4.78 is 0. The van der Waals surface area contributed by atoms with Crippen LogP contribution in [0.2, 0.25) is 0 Å². The number of hydrogen-bond acceptors (Lipinski definition) is 2. The van der Waals surface area contributed by atoms with Gasteiger partial charge in [-0.2, -0.15) is 0 Å². The Bertz CT molecular complexity index is 151. The Morgan fingerprint density at radius 1 is 1.25 bits per heavy atom. The van der Waals surface area contributed by atoms with E-state index in [4.69, 9.17) is 10.8 Å². The van der Waals surface area contributed by atoms with Gasteiger partial charge in [0.15, 0.2) is 0 Å². The van der Waals surface area contributed by atoms with Gasteiger partial charge in [0.1, 0.15) is 6.04 Å². The summed E-state index contributed by atoms with van der Waals surface area (Å²) in [5.41, 5.74) is 5.56. The molecular weight excluding hydrogens is 154 g/mol. The first kappa shape index (κ1) is 9.52. The van der Waals surface area contributed by atoms with E-state index < -0.39 is 12.0 Å². The average Bonchev–Trinajstić information content (AvgIpc) is 2.30. The van der Waals surface area contributed by atoms with Crippen LogP contribution < -0.4 is 5.73 Å². The molecule has 1 fully saturated rings. The van der Waals surface area contributed by atoms with Gasteiger partial charge in [0, 0.05) is 0 Å². The summed E-state index contributed by atoms with van der Waals surface area (Å²) >= 11 is 0. The van der Waals surface area contributed by atoms with Crippen LogP contribution in [-0.2, 0) is 4.79 Å². The molecular formula is C9H17NO2. The fraction of sp³-hybridized carbons (Fsp3) is 0.889. The first-order valence-corrected chi connectivity index (χ1v) is 4.70. The minimum Gasteiger partial charge on any atom is -0.480 e. The predicted octanol–water partition coefficient (Wildman–Crippen LogP) is 1.37. The molecule has 1 rings (SSSR count). The maximum Gasteiger partial charge on any atom is 0.320 e. The van der Waals surface area contributed by atoms with Gasteiger partial charge in [-0.3, -0.25) is 4.79 Å². The van der Waals surface area contributed by atoms with E-state index in [0.29, 0.717) is 0 Å². The summed E-state index contributed by atoms with van der Waals surface area (Å²) in [4.78, 5) is 10.6. The second-order valence-electron chi connectivity index (χ2n) is 3.62. The molecule has 0 radical (unpaired) electrons. The van der Waals surface area contributed by atoms with Crippen molar-refractivity contribution >= 4 is 5.97 Å². The zero-order valence-corrected chi connectivity index (χ0v) is 7.33. The third-order valence-electron chi connectivity index (χ3n) is 2.69. The minimum absolute atomic E-state index is 0.213. The van der Waals surface area contributed by atoms with Gasteiger partial charge in [-0.25, -0.2) is 0 Å². The maximum atomic E-state index is 10.6. The van der Waals surface area contributed by atoms with E-state index in [2.05, 4.69) is 0 Å². The van der Waals surface area contributed by atoms with E-state index in [-0.39, 0.29) is 5.92 Å². The van der Waals surface area contributed by atoms with E-state index >= 15 is 0 Å². The van der Waals surface area contributed by atoms with E-state index in [9.17, 15) is 4.79 Å². The van der Waals surface area contributed by atoms with Crippen molar-refractivity contribution in [3.63, 3.8) is 0 Å². The van der Waals surface area contributed by atoms with Crippen LogP contribution in [0.15, 0.2) is 0 Å². The number of nitrogens with two attached hydrogens (primary N) is 1. The molecule has 1 aliphatic carbocycles. The monoisotopic (exact) mass is 171 g/mol. The van der Waals surface area contributed by atoms with Crippen molar-refractivity contribution in [1.29, 1.82) is 0 Å². The highest BCUT2D eigenvalue weighted by Gasteiger charge is 2.24. The Kier molecular flexibility index (Phi) is 3.53. The highest BCUT2D eigenvalue weighted by Crippen LogP contribution is 2.24. The number of aliphatic carboxylic acids is 1. The largest absolute Gasteiger partial charge is 0.480 e. The second-order valence-corrected chi connectivity index (χ2v) is 3.62. The normalized spacial score (nSPS) is 23.1. The lowest BCUT2D eigenvalue weighted by Gasteiger charge is -2.17. The van der Waals surface area contributed by atoms with Gasteiger partial charge in [0.05, 0.1) is 0 Å². The van der Waals surface area contributed by atoms with Crippen LogP contribution >= 0.6 is 0 Å². The Hall–Kier alpha value is -0.570. The summed E-state index contributed by atoms with van der Waals surface area (Å²) in [6, 6.07) is -0.636. The van der Waals surface area contributed by atoms with Gasteiger partial charge < -0.3 is 10.8 Å². The molecule has 1 aliphatic rings. The summed E-state index contributed by atoms with van der Waals surface area (Å²) in [6.07, 6.45) is 6.75. The van der Waals surface area contributed by atoms with Crippen LogP contribution in [0.5, 0.6) is 0 Å². The van der Waals surface area contributed by atoms with Crippen molar-refractivity contribution in [2.45, 2.75) is 44.6 Å². The smallest absolute Gasteiger partial charge is 0.320 e. The van der Waals surface area contributed by atoms with Crippen LogP contribution in [0.1, 0.15) is 38.5 Å². The molecule has 0 aromatic heterocycles. The van der Waals surface area contributed by atoms with E-state index in [1.807, 2.05) is 0 Å². The summed E-state index contributed by atoms with van der Waals surface area (Å²) in [7, 11) is 0. The number of hydrogen-bond donors (Lipinski definition) is 2. The standard InChI is InChI=1S/C9H17NO2/c10-8(9(11)12)7-5-3-1-2-4-6-7/h7-8H,1-6,10H2,(H,11,12). The van der Waals surface area contributed by atoms with Crippen LogP contribution in [0.3, 0.4) is 0 Å². The molecule has 1 atom stereocenters. The molecule has 0 aromatic rings. The topological polar surface area (TPSA) is 63.3 Å². The SMILES string of the molecule is NC(C(=O)O)C1CCCCCC1. The quantitative estimate of drug-likeness (QED) is 0.617. The fourth-order valence-corrected chi connectivity index (χ4v) is 1.87. The van der Waals surface area contributed by atoms with Gasteiger partial charge in [-0.1, -0.05) is 25.7 Å². The third kappa shape index (κ3) is 2.48. The molecule has 0 heterocycles. The molecule has 0 bridgehead atoms. The zero-order chi connectivity index (χ0) is 8.97. The second kappa shape index (κ2) is 4.45. The molecule has 0 aliphatic heterocycles. The van der Waals surface area contributed by atoms with Crippen molar-refractivity contribution in [2.75, 3.05) is 0 Å². The number of carbonyl (C=O) groups is 1. The average molecular weight is 171 g/mol. The molecule has 12 heavy (non-hydrogen) atoms. The molecule has 70 valence electrons. The Labute approximate surface area is 72.9 Å². The third-order valence-corrected chi connectivity index (χ3v) is 2.69. The van der Waals surface area contributed by atoms with Gasteiger partial charge in [0.2, 0.25) is 0 Å². The Balaban J connectivity index is 2.42. The van der Waals surface area contributed by atoms with Gasteiger partial charge >= 0.3 is 5.97 Å². The summed E-state index contributed by atoms with van der Waals surface area (Å²) in [5, 5.41) is 8.70.